The van der Waals surface area contributed by atoms with Crippen LogP contribution in [0.3, 0.4) is 0 Å². The largest absolute Gasteiger partial charge is 0.466 e. The van der Waals surface area contributed by atoms with Gasteiger partial charge in [0, 0.05) is 0 Å². The summed E-state index contributed by atoms with van der Waals surface area (Å²) in [4.78, 5) is 0. The molecule has 0 aliphatic carbocycles. The van der Waals surface area contributed by atoms with Crippen molar-refractivity contribution in [3.8, 4) is 0 Å². The van der Waals surface area contributed by atoms with Crippen molar-refractivity contribution in [3.63, 3.8) is 0 Å². The summed E-state index contributed by atoms with van der Waals surface area (Å²) < 4.78 is 4.25. The average molecular weight is 58.1 g/mol. The van der Waals surface area contributed by atoms with Crippen LogP contribution in [0.4, 0.5) is 0 Å². The van der Waals surface area contributed by atoms with Gasteiger partial charge in [0.2, 0.25) is 0 Å². The number of hydrogen-bond acceptors (Lipinski definition) is 1. The monoisotopic (exact) mass is 58.0 g/mol. The van der Waals surface area contributed by atoms with E-state index in [1.807, 2.05) is 0 Å². The van der Waals surface area contributed by atoms with Gasteiger partial charge in [0.1, 0.15) is 12.5 Å². The van der Waals surface area contributed by atoms with E-state index in [4.69, 9.17) is 0 Å². The molecule has 1 aliphatic heterocycles. The minimum atomic E-state index is 0. The summed E-state index contributed by atoms with van der Waals surface area (Å²) in [5.74, 6) is 0. The van der Waals surface area contributed by atoms with Crippen molar-refractivity contribution >= 4 is 0 Å². The van der Waals surface area contributed by atoms with Gasteiger partial charge in [-0.1, -0.05) is 7.43 Å². The SMILES string of the molecule is C.C1=CO1. The molecule has 0 aromatic heterocycles. The van der Waals surface area contributed by atoms with Gasteiger partial charge in [-0.25, -0.2) is 0 Å². The van der Waals surface area contributed by atoms with E-state index < -0.39 is 0 Å². The Morgan fingerprint density at radius 1 is 1.25 bits per heavy atom. The summed E-state index contributed by atoms with van der Waals surface area (Å²) in [6.07, 6.45) is 3.25. The van der Waals surface area contributed by atoms with E-state index in [2.05, 4.69) is 4.74 Å². The van der Waals surface area contributed by atoms with Gasteiger partial charge in [-0.3, -0.25) is 0 Å². The maximum Gasteiger partial charge on any atom is 0.125 e. The fraction of sp³-hybridized carbons (Fsp3) is 0.333. The van der Waals surface area contributed by atoms with Gasteiger partial charge in [0.15, 0.2) is 0 Å². The van der Waals surface area contributed by atoms with E-state index in [0.29, 0.717) is 0 Å². The van der Waals surface area contributed by atoms with Crippen LogP contribution in [0.25, 0.3) is 0 Å². The highest BCUT2D eigenvalue weighted by Crippen LogP contribution is 1.89. The molecule has 4 heavy (non-hydrogen) atoms. The molecule has 1 nitrogen and oxygen atoms in total. The van der Waals surface area contributed by atoms with E-state index >= 15 is 0 Å². The molecule has 0 atom stereocenters. The van der Waals surface area contributed by atoms with E-state index in [9.17, 15) is 0 Å². The third-order valence-electron chi connectivity index (χ3n) is 0.136. The van der Waals surface area contributed by atoms with Crippen molar-refractivity contribution < 1.29 is 4.74 Å². The first kappa shape index (κ1) is 3.54. The van der Waals surface area contributed by atoms with Crippen molar-refractivity contribution in [2.45, 2.75) is 7.43 Å². The Morgan fingerprint density at radius 3 is 1.50 bits per heavy atom. The van der Waals surface area contributed by atoms with Crippen LogP contribution >= 0.6 is 0 Å². The number of ether oxygens (including phenoxy) is 1. The number of rotatable bonds is 0. The Kier molecular flexibility index (Phi) is 0.826. The molecule has 1 heterocycles. The minimum absolute atomic E-state index is 0. The zero-order chi connectivity index (χ0) is 2.12. The molecule has 0 fully saturated rings. The van der Waals surface area contributed by atoms with Crippen molar-refractivity contribution in [3.05, 3.63) is 12.5 Å². The Labute approximate surface area is 25.9 Å². The summed E-state index contributed by atoms with van der Waals surface area (Å²) in [7, 11) is 0. The third-order valence-corrected chi connectivity index (χ3v) is 0.136. The van der Waals surface area contributed by atoms with Crippen LogP contribution in [0.5, 0.6) is 0 Å². The van der Waals surface area contributed by atoms with E-state index in [0.717, 1.165) is 0 Å². The first-order chi connectivity index (χ1) is 1.50. The molecule has 24 valence electrons. The summed E-state index contributed by atoms with van der Waals surface area (Å²) in [5.41, 5.74) is 0. The topological polar surface area (TPSA) is 12.5 Å². The maximum absolute atomic E-state index is 4.25. The summed E-state index contributed by atoms with van der Waals surface area (Å²) in [5, 5.41) is 0. The summed E-state index contributed by atoms with van der Waals surface area (Å²) in [6, 6.07) is 0. The van der Waals surface area contributed by atoms with Gasteiger partial charge in [-0.15, -0.1) is 0 Å². The van der Waals surface area contributed by atoms with Crippen LogP contribution in [0.1, 0.15) is 7.43 Å². The van der Waals surface area contributed by atoms with Crippen molar-refractivity contribution in [2.75, 3.05) is 0 Å². The van der Waals surface area contributed by atoms with Crippen LogP contribution in [0.15, 0.2) is 12.5 Å². The van der Waals surface area contributed by atoms with Gasteiger partial charge in [-0.05, 0) is 0 Å². The Morgan fingerprint density at radius 2 is 1.50 bits per heavy atom. The smallest absolute Gasteiger partial charge is 0.125 e. The normalized spacial score (nSPS) is 12.0. The van der Waals surface area contributed by atoms with Crippen LogP contribution < -0.4 is 0 Å². The molecule has 0 aromatic carbocycles. The lowest BCUT2D eigenvalue weighted by Crippen LogP contribution is -1.09. The van der Waals surface area contributed by atoms with Crippen molar-refractivity contribution in [2.24, 2.45) is 0 Å². The molecule has 0 N–H and O–H groups in total. The molecular formula is C3H6O. The molecule has 0 spiro atoms. The fourth-order valence-electron chi connectivity index (χ4n) is 0. The molecule has 0 radical (unpaired) electrons. The zero-order valence-electron chi connectivity index (χ0n) is 1.56. The molecule has 0 aromatic rings. The standard InChI is InChI=1S/C2H2O.CH4/c1-2-3-1;/h1-2H;1H4. The van der Waals surface area contributed by atoms with Crippen molar-refractivity contribution in [1.82, 2.24) is 0 Å². The molecule has 1 heteroatoms. The third kappa shape index (κ3) is 1.54. The summed E-state index contributed by atoms with van der Waals surface area (Å²) >= 11 is 0. The first-order valence-corrected chi connectivity index (χ1v) is 0.805. The lowest BCUT2D eigenvalue weighted by Gasteiger charge is -1.37. The van der Waals surface area contributed by atoms with Gasteiger partial charge < -0.3 is 4.74 Å². The lowest BCUT2D eigenvalue weighted by atomic mass is 11.3. The molecule has 0 amide bonds. The predicted octanol–water partition coefficient (Wildman–Crippen LogP) is 1.12. The Bertz CT molecular complexity index is 26.3. The Hall–Kier alpha value is -0.460. The van der Waals surface area contributed by atoms with Gasteiger partial charge in [-0.2, -0.15) is 0 Å². The van der Waals surface area contributed by atoms with Crippen molar-refractivity contribution in [1.29, 1.82) is 0 Å². The molecule has 0 unspecified atom stereocenters. The highest BCUT2D eigenvalue weighted by atomic mass is 16.5. The highest BCUT2D eigenvalue weighted by Gasteiger charge is 1.74. The Balaban J connectivity index is 0.0000000900. The van der Waals surface area contributed by atoms with Gasteiger partial charge in [0.05, 0.1) is 0 Å². The van der Waals surface area contributed by atoms with Crippen LogP contribution in [0.2, 0.25) is 0 Å². The molecule has 1 rings (SSSR count). The average Bonchev–Trinajstić information content (AvgIpc) is 1.46. The minimum Gasteiger partial charge on any atom is -0.466 e. The second-order valence-corrected chi connectivity index (χ2v) is 0.408. The van der Waals surface area contributed by atoms with Crippen LogP contribution in [-0.4, -0.2) is 0 Å². The molecule has 0 saturated heterocycles. The van der Waals surface area contributed by atoms with Crippen LogP contribution in [-0.2, 0) is 4.74 Å². The number of hydrogen-bond donors (Lipinski definition) is 0. The van der Waals surface area contributed by atoms with E-state index in [1.165, 1.54) is 0 Å². The maximum atomic E-state index is 4.25. The van der Waals surface area contributed by atoms with Gasteiger partial charge >= 0.3 is 0 Å². The lowest BCUT2D eigenvalue weighted by molar-refractivity contribution is 0.541. The molecular weight excluding hydrogens is 52.0 g/mol. The van der Waals surface area contributed by atoms with Gasteiger partial charge in [0.25, 0.3) is 0 Å². The first-order valence-electron chi connectivity index (χ1n) is 0.805. The summed E-state index contributed by atoms with van der Waals surface area (Å²) in [6.45, 7) is 0. The zero-order valence-corrected chi connectivity index (χ0v) is 1.56. The van der Waals surface area contributed by atoms with E-state index in [-0.39, 0.29) is 7.43 Å². The van der Waals surface area contributed by atoms with E-state index in [1.54, 1.807) is 12.5 Å². The fourth-order valence-corrected chi connectivity index (χ4v) is 0. The van der Waals surface area contributed by atoms with Crippen LogP contribution in [0, 0.1) is 0 Å². The predicted molar refractivity (Wildman–Crippen MR) is 17.0 cm³/mol. The highest BCUT2D eigenvalue weighted by molar-refractivity contribution is 4.76. The quantitative estimate of drug-likeness (QED) is 0.406. The molecule has 1 aliphatic rings. The molecule has 0 saturated carbocycles. The second kappa shape index (κ2) is 0.934. The second-order valence-electron chi connectivity index (χ2n) is 0.408. The molecule has 0 bridgehead atoms.